The number of hydrogen-bond acceptors (Lipinski definition) is 4. The normalized spacial score (nSPS) is 13.6. The minimum absolute atomic E-state index is 0.157. The van der Waals surface area contributed by atoms with Crippen molar-refractivity contribution in [3.63, 3.8) is 0 Å². The summed E-state index contributed by atoms with van der Waals surface area (Å²) in [4.78, 5) is 0. The Bertz CT molecular complexity index is 633. The Morgan fingerprint density at radius 3 is 2.45 bits per heavy atom. The molecule has 1 rings (SSSR count). The fraction of sp³-hybridized carbons (Fsp3) is 0.417. The van der Waals surface area contributed by atoms with Crippen LogP contribution < -0.4 is 5.32 Å². The summed E-state index contributed by atoms with van der Waals surface area (Å²) < 4.78 is 60.0. The maximum Gasteiger partial charge on any atom is 0.417 e. The molecule has 4 nitrogen and oxygen atoms in total. The van der Waals surface area contributed by atoms with Crippen molar-refractivity contribution in [1.29, 1.82) is 5.26 Å². The first kappa shape index (κ1) is 16.3. The number of nitriles is 1. The monoisotopic (exact) mass is 306 g/mol. The van der Waals surface area contributed by atoms with Gasteiger partial charge in [0.25, 0.3) is 0 Å². The van der Waals surface area contributed by atoms with Crippen LogP contribution in [0.5, 0.6) is 0 Å². The zero-order valence-corrected chi connectivity index (χ0v) is 11.6. The highest BCUT2D eigenvalue weighted by atomic mass is 32.2. The van der Waals surface area contributed by atoms with E-state index >= 15 is 0 Å². The molecule has 1 N–H and O–H groups in total. The van der Waals surface area contributed by atoms with Gasteiger partial charge in [0.15, 0.2) is 0 Å². The van der Waals surface area contributed by atoms with Gasteiger partial charge in [-0.3, -0.25) is 0 Å². The number of anilines is 1. The second-order valence-electron chi connectivity index (χ2n) is 4.51. The fourth-order valence-electron chi connectivity index (χ4n) is 1.75. The first-order valence-corrected chi connectivity index (χ1v) is 7.64. The first-order chi connectivity index (χ1) is 9.03. The van der Waals surface area contributed by atoms with Crippen LogP contribution in [0.3, 0.4) is 0 Å². The van der Waals surface area contributed by atoms with Crippen molar-refractivity contribution >= 4 is 15.5 Å². The molecule has 20 heavy (non-hydrogen) atoms. The summed E-state index contributed by atoms with van der Waals surface area (Å²) in [6.07, 6.45) is -3.53. The molecule has 0 aliphatic heterocycles. The van der Waals surface area contributed by atoms with Gasteiger partial charge in [-0.05, 0) is 25.1 Å². The van der Waals surface area contributed by atoms with E-state index in [4.69, 9.17) is 5.26 Å². The van der Waals surface area contributed by atoms with Crippen molar-refractivity contribution < 1.29 is 21.6 Å². The number of sulfone groups is 1. The molecule has 1 aromatic carbocycles. The molecule has 0 amide bonds. The molecule has 0 aromatic heterocycles. The molecule has 0 radical (unpaired) electrons. The van der Waals surface area contributed by atoms with Crippen molar-refractivity contribution in [3.05, 3.63) is 29.3 Å². The van der Waals surface area contributed by atoms with Gasteiger partial charge in [0, 0.05) is 18.0 Å². The van der Waals surface area contributed by atoms with Crippen molar-refractivity contribution in [2.75, 3.05) is 17.3 Å². The first-order valence-electron chi connectivity index (χ1n) is 5.58. The fourth-order valence-corrected chi connectivity index (χ4v) is 2.75. The number of halogens is 3. The zero-order valence-electron chi connectivity index (χ0n) is 10.8. The predicted octanol–water partition coefficient (Wildman–Crippen LogP) is 2.42. The van der Waals surface area contributed by atoms with E-state index in [2.05, 4.69) is 5.32 Å². The van der Waals surface area contributed by atoms with Crippen LogP contribution in [0.1, 0.15) is 18.1 Å². The van der Waals surface area contributed by atoms with Crippen molar-refractivity contribution in [1.82, 2.24) is 0 Å². The second kappa shape index (κ2) is 5.71. The minimum Gasteiger partial charge on any atom is -0.382 e. The third kappa shape index (κ3) is 4.74. The molecule has 1 aromatic rings. The van der Waals surface area contributed by atoms with Gasteiger partial charge in [0.05, 0.1) is 22.9 Å². The van der Waals surface area contributed by atoms with Gasteiger partial charge < -0.3 is 5.32 Å². The molecule has 0 aliphatic rings. The average Bonchev–Trinajstić information content (AvgIpc) is 2.24. The van der Waals surface area contributed by atoms with Gasteiger partial charge in [-0.1, -0.05) is 0 Å². The van der Waals surface area contributed by atoms with Crippen LogP contribution in [0.2, 0.25) is 0 Å². The van der Waals surface area contributed by atoms with E-state index in [1.165, 1.54) is 12.1 Å². The van der Waals surface area contributed by atoms with E-state index < -0.39 is 33.2 Å². The van der Waals surface area contributed by atoms with Crippen LogP contribution in [0.15, 0.2) is 18.2 Å². The van der Waals surface area contributed by atoms with Crippen LogP contribution in [0.25, 0.3) is 0 Å². The van der Waals surface area contributed by atoms with E-state index in [0.717, 1.165) is 18.4 Å². The van der Waals surface area contributed by atoms with E-state index in [0.29, 0.717) is 0 Å². The van der Waals surface area contributed by atoms with Crippen molar-refractivity contribution in [3.8, 4) is 6.07 Å². The quantitative estimate of drug-likeness (QED) is 0.927. The topological polar surface area (TPSA) is 70.0 Å². The Labute approximate surface area is 115 Å². The van der Waals surface area contributed by atoms with Gasteiger partial charge in [0.2, 0.25) is 0 Å². The Hall–Kier alpha value is -1.75. The van der Waals surface area contributed by atoms with Gasteiger partial charge in [0.1, 0.15) is 9.84 Å². The van der Waals surface area contributed by atoms with Crippen LogP contribution >= 0.6 is 0 Å². The molecule has 0 saturated heterocycles. The van der Waals surface area contributed by atoms with Gasteiger partial charge in [-0.2, -0.15) is 18.4 Å². The van der Waals surface area contributed by atoms with E-state index in [9.17, 15) is 21.6 Å². The summed E-state index contributed by atoms with van der Waals surface area (Å²) in [6, 6.07) is 4.03. The lowest BCUT2D eigenvalue weighted by Gasteiger charge is -2.16. The number of nitrogens with one attached hydrogen (secondary N) is 1. The molecule has 0 spiro atoms. The SMILES string of the molecule is CC(CS(C)(=O)=O)Nc1ccc(C(F)(F)F)c(C#N)c1. The van der Waals surface area contributed by atoms with Crippen LogP contribution in [0.4, 0.5) is 18.9 Å². The highest BCUT2D eigenvalue weighted by Crippen LogP contribution is 2.33. The third-order valence-corrected chi connectivity index (χ3v) is 3.52. The summed E-state index contributed by atoms with van der Waals surface area (Å²) in [6.45, 7) is 1.59. The Balaban J connectivity index is 2.98. The molecule has 0 aliphatic carbocycles. The largest absolute Gasteiger partial charge is 0.417 e. The predicted molar refractivity (Wildman–Crippen MR) is 69.0 cm³/mol. The Kier molecular flexibility index (Phi) is 4.65. The number of alkyl halides is 3. The molecule has 0 fully saturated rings. The van der Waals surface area contributed by atoms with Crippen molar-refractivity contribution in [2.45, 2.75) is 19.1 Å². The van der Waals surface area contributed by atoms with E-state index in [1.54, 1.807) is 6.92 Å². The third-order valence-electron chi connectivity index (χ3n) is 2.41. The molecule has 0 bridgehead atoms. The number of hydrogen-bond donors (Lipinski definition) is 1. The molecule has 110 valence electrons. The van der Waals surface area contributed by atoms with Crippen LogP contribution in [0, 0.1) is 11.3 Å². The summed E-state index contributed by atoms with van der Waals surface area (Å²) in [5, 5.41) is 11.5. The molecular weight excluding hydrogens is 293 g/mol. The lowest BCUT2D eigenvalue weighted by Crippen LogP contribution is -2.25. The van der Waals surface area contributed by atoms with Gasteiger partial charge in [-0.25, -0.2) is 8.42 Å². The molecule has 1 atom stereocenters. The molecule has 8 heteroatoms. The number of nitrogens with zero attached hydrogens (tertiary/aromatic N) is 1. The van der Waals surface area contributed by atoms with Gasteiger partial charge in [-0.15, -0.1) is 0 Å². The minimum atomic E-state index is -4.60. The maximum atomic E-state index is 12.6. The van der Waals surface area contributed by atoms with Crippen molar-refractivity contribution in [2.24, 2.45) is 0 Å². The summed E-state index contributed by atoms with van der Waals surface area (Å²) in [7, 11) is -3.20. The summed E-state index contributed by atoms with van der Waals surface area (Å²) in [5.74, 6) is -0.157. The molecule has 1 unspecified atom stereocenters. The summed E-state index contributed by atoms with van der Waals surface area (Å²) in [5.41, 5.74) is -1.25. The second-order valence-corrected chi connectivity index (χ2v) is 6.69. The molecular formula is C12H13F3N2O2S. The average molecular weight is 306 g/mol. The molecule has 0 heterocycles. The van der Waals surface area contributed by atoms with E-state index in [1.807, 2.05) is 0 Å². The lowest BCUT2D eigenvalue weighted by atomic mass is 10.1. The number of benzene rings is 1. The Morgan fingerprint density at radius 2 is 2.00 bits per heavy atom. The van der Waals surface area contributed by atoms with Crippen LogP contribution in [-0.4, -0.2) is 26.5 Å². The highest BCUT2D eigenvalue weighted by Gasteiger charge is 2.33. The zero-order chi connectivity index (χ0) is 15.6. The number of rotatable bonds is 4. The lowest BCUT2D eigenvalue weighted by molar-refractivity contribution is -0.137. The van der Waals surface area contributed by atoms with Crippen LogP contribution in [-0.2, 0) is 16.0 Å². The van der Waals surface area contributed by atoms with E-state index in [-0.39, 0.29) is 11.4 Å². The maximum absolute atomic E-state index is 12.6. The molecule has 0 saturated carbocycles. The highest BCUT2D eigenvalue weighted by molar-refractivity contribution is 7.90. The standard InChI is InChI=1S/C12H13F3N2O2S/c1-8(7-20(2,18)19)17-10-3-4-11(12(13,14)15)9(5-10)6-16/h3-5,8,17H,7H2,1-2H3. The smallest absolute Gasteiger partial charge is 0.382 e. The Morgan fingerprint density at radius 1 is 1.40 bits per heavy atom. The van der Waals surface area contributed by atoms with Gasteiger partial charge >= 0.3 is 6.18 Å². The summed E-state index contributed by atoms with van der Waals surface area (Å²) >= 11 is 0.